The summed E-state index contributed by atoms with van der Waals surface area (Å²) in [5, 5.41) is 17.3. The number of fused-ring (bicyclic) bond motifs is 2. The van der Waals surface area contributed by atoms with Crippen LogP contribution < -0.4 is 29.6 Å². The summed E-state index contributed by atoms with van der Waals surface area (Å²) in [4.78, 5) is 47.6. The summed E-state index contributed by atoms with van der Waals surface area (Å²) in [6, 6.07) is 31.7. The van der Waals surface area contributed by atoms with E-state index in [1.165, 1.54) is 4.90 Å². The highest BCUT2D eigenvalue weighted by molar-refractivity contribution is 6.42. The Morgan fingerprint density at radius 1 is 0.877 bits per heavy atom. The van der Waals surface area contributed by atoms with Gasteiger partial charge in [0.05, 0.1) is 15.6 Å². The second-order valence-electron chi connectivity index (χ2n) is 16.7. The molecule has 6 aromatic rings. The number of urea groups is 1. The van der Waals surface area contributed by atoms with Crippen LogP contribution in [0.15, 0.2) is 121 Å². The Morgan fingerprint density at radius 3 is 2.32 bits per heavy atom. The Hall–Kier alpha value is -6.76. The van der Waals surface area contributed by atoms with Gasteiger partial charge in [0.15, 0.2) is 17.6 Å². The number of carboxylic acids is 1. The molecule has 0 saturated heterocycles. The van der Waals surface area contributed by atoms with Crippen molar-refractivity contribution in [1.29, 1.82) is 0 Å². The van der Waals surface area contributed by atoms with Crippen LogP contribution in [-0.4, -0.2) is 52.1 Å². The number of carbonyl (C=O) groups is 3. The van der Waals surface area contributed by atoms with Gasteiger partial charge in [-0.1, -0.05) is 83.9 Å². The summed E-state index contributed by atoms with van der Waals surface area (Å²) in [5.74, 6) is 0.893. The first kappa shape index (κ1) is 44.8. The number of amides is 3. The van der Waals surface area contributed by atoms with Crippen LogP contribution in [0.2, 0.25) is 10.0 Å². The zero-order chi connectivity index (χ0) is 45.8. The number of ether oxygens (including phenoxy) is 4. The number of carbonyl (C=O) groups excluding carboxylic acids is 2. The van der Waals surface area contributed by atoms with E-state index in [9.17, 15) is 19.5 Å². The van der Waals surface area contributed by atoms with Crippen LogP contribution in [0.25, 0.3) is 0 Å². The number of hydrogen-bond donors (Lipinski definition) is 3. The van der Waals surface area contributed by atoms with E-state index in [1.807, 2.05) is 94.4 Å². The molecule has 14 heteroatoms. The minimum absolute atomic E-state index is 0.0241. The molecule has 0 fully saturated rings. The number of hydrogen-bond acceptors (Lipinski definition) is 8. The Labute approximate surface area is 387 Å². The van der Waals surface area contributed by atoms with Crippen molar-refractivity contribution in [3.8, 4) is 28.7 Å². The number of aliphatic carboxylic acids is 1. The Balaban J connectivity index is 1.03. The molecule has 3 atom stereocenters. The van der Waals surface area contributed by atoms with Gasteiger partial charge in [-0.15, -0.1) is 0 Å². The standard InChI is InChI=1S/C51H48Cl2N4O8/c1-30-31(2)54-22-20-43(30)64-38-15-10-32(11-16-38)25-42(49(59)60)55-48(58)47-39-27-45-44(26-35(39)21-23-57(47)50(61)56-51(3,4)36-8-6-5-7-9-36)63-29-46(65-45)34-13-17-37(18-14-34)62-28-33-12-19-40(52)41(53)24-33/h5-20,22,24,26-27,42,46-47H,21,23,25,28-29H2,1-4H3,(H,55,58)(H,56,61)(H,59,60)/t42-,46+,47?/m0/s1. The van der Waals surface area contributed by atoms with Crippen molar-refractivity contribution in [3.05, 3.63) is 176 Å². The topological polar surface area (TPSA) is 149 Å². The number of nitrogens with zero attached hydrogens (tertiary/aromatic N) is 2. The highest BCUT2D eigenvalue weighted by Crippen LogP contribution is 2.43. The Kier molecular flexibility index (Phi) is 13.2. The quantitative estimate of drug-likeness (QED) is 0.103. The van der Waals surface area contributed by atoms with Gasteiger partial charge in [-0.3, -0.25) is 9.78 Å². The van der Waals surface area contributed by atoms with Gasteiger partial charge in [0.2, 0.25) is 5.91 Å². The number of nitrogens with one attached hydrogen (secondary N) is 2. The summed E-state index contributed by atoms with van der Waals surface area (Å²) < 4.78 is 24.9. The van der Waals surface area contributed by atoms with Crippen molar-refractivity contribution in [2.24, 2.45) is 0 Å². The van der Waals surface area contributed by atoms with E-state index in [4.69, 9.17) is 42.1 Å². The summed E-state index contributed by atoms with van der Waals surface area (Å²) in [6.07, 6.45) is 1.57. The lowest BCUT2D eigenvalue weighted by molar-refractivity contribution is -0.142. The van der Waals surface area contributed by atoms with E-state index in [0.29, 0.717) is 62.9 Å². The van der Waals surface area contributed by atoms with Crippen LogP contribution in [0.1, 0.15) is 70.6 Å². The van der Waals surface area contributed by atoms with Crippen molar-refractivity contribution >= 4 is 41.1 Å². The zero-order valence-electron chi connectivity index (χ0n) is 36.3. The summed E-state index contributed by atoms with van der Waals surface area (Å²) >= 11 is 12.2. The predicted molar refractivity (Wildman–Crippen MR) is 247 cm³/mol. The van der Waals surface area contributed by atoms with Gasteiger partial charge in [0.1, 0.15) is 42.5 Å². The molecule has 0 bridgehead atoms. The number of aryl methyl sites for hydroxylation is 1. The molecule has 3 amide bonds. The molecule has 12 nitrogen and oxygen atoms in total. The fourth-order valence-corrected chi connectivity index (χ4v) is 8.25. The lowest BCUT2D eigenvalue weighted by atomic mass is 9.90. The molecule has 334 valence electrons. The minimum Gasteiger partial charge on any atom is -0.489 e. The van der Waals surface area contributed by atoms with Crippen molar-refractivity contribution in [2.45, 2.75) is 70.9 Å². The summed E-state index contributed by atoms with van der Waals surface area (Å²) in [6.45, 7) is 8.32. The monoisotopic (exact) mass is 914 g/mol. The molecule has 8 rings (SSSR count). The van der Waals surface area contributed by atoms with Crippen molar-refractivity contribution in [2.75, 3.05) is 13.2 Å². The average Bonchev–Trinajstić information content (AvgIpc) is 3.30. The fourth-order valence-electron chi connectivity index (χ4n) is 7.93. The SMILES string of the molecule is Cc1nccc(Oc2ccc(C[C@H](NC(=O)C3c4cc5c(cc4CCN3C(=O)NC(C)(C)c3ccccc3)OC[C@H](c3ccc(OCc4ccc(Cl)c(Cl)c4)cc3)O5)C(=O)O)cc2)c1C. The number of carboxylic acid groups (broad SMARTS) is 1. The van der Waals surface area contributed by atoms with Gasteiger partial charge in [0.25, 0.3) is 0 Å². The highest BCUT2D eigenvalue weighted by Gasteiger charge is 2.41. The van der Waals surface area contributed by atoms with E-state index in [0.717, 1.165) is 33.5 Å². The van der Waals surface area contributed by atoms with E-state index >= 15 is 0 Å². The molecule has 1 unspecified atom stereocenters. The molecule has 65 heavy (non-hydrogen) atoms. The summed E-state index contributed by atoms with van der Waals surface area (Å²) in [5.41, 5.74) is 5.48. The second kappa shape index (κ2) is 19.1. The van der Waals surface area contributed by atoms with Crippen LogP contribution in [0, 0.1) is 13.8 Å². The number of halogens is 2. The van der Waals surface area contributed by atoms with E-state index in [-0.39, 0.29) is 19.6 Å². The molecular weight excluding hydrogens is 867 g/mol. The molecule has 0 saturated carbocycles. The molecule has 5 aromatic carbocycles. The third kappa shape index (κ3) is 10.3. The third-order valence-corrected chi connectivity index (χ3v) is 12.5. The van der Waals surface area contributed by atoms with Gasteiger partial charge < -0.3 is 39.6 Å². The first-order chi connectivity index (χ1) is 31.2. The van der Waals surface area contributed by atoms with Crippen molar-refractivity contribution in [3.63, 3.8) is 0 Å². The number of aromatic nitrogens is 1. The lowest BCUT2D eigenvalue weighted by Gasteiger charge is -2.40. The Morgan fingerprint density at radius 2 is 1.60 bits per heavy atom. The van der Waals surface area contributed by atoms with Crippen LogP contribution in [0.3, 0.4) is 0 Å². The predicted octanol–water partition coefficient (Wildman–Crippen LogP) is 10.2. The van der Waals surface area contributed by atoms with Crippen LogP contribution in [-0.2, 0) is 34.6 Å². The van der Waals surface area contributed by atoms with Gasteiger partial charge in [-0.05, 0) is 122 Å². The number of benzene rings is 5. The molecule has 3 N–H and O–H groups in total. The second-order valence-corrected chi connectivity index (χ2v) is 17.5. The molecule has 3 heterocycles. The van der Waals surface area contributed by atoms with Crippen LogP contribution in [0.5, 0.6) is 28.7 Å². The van der Waals surface area contributed by atoms with Crippen molar-refractivity contribution in [1.82, 2.24) is 20.5 Å². The van der Waals surface area contributed by atoms with Gasteiger partial charge in [0, 0.05) is 30.4 Å². The average molecular weight is 916 g/mol. The summed E-state index contributed by atoms with van der Waals surface area (Å²) in [7, 11) is 0. The third-order valence-electron chi connectivity index (χ3n) is 11.8. The van der Waals surface area contributed by atoms with Crippen LogP contribution >= 0.6 is 23.2 Å². The molecule has 0 radical (unpaired) electrons. The lowest BCUT2D eigenvalue weighted by Crippen LogP contribution is -2.56. The van der Waals surface area contributed by atoms with Crippen LogP contribution in [0.4, 0.5) is 4.79 Å². The maximum Gasteiger partial charge on any atom is 0.326 e. The van der Waals surface area contributed by atoms with E-state index in [1.54, 1.807) is 54.7 Å². The smallest absolute Gasteiger partial charge is 0.326 e. The van der Waals surface area contributed by atoms with Gasteiger partial charge >= 0.3 is 12.0 Å². The van der Waals surface area contributed by atoms with Gasteiger partial charge in [-0.25, -0.2) is 9.59 Å². The molecule has 1 aromatic heterocycles. The molecule has 0 aliphatic carbocycles. The highest BCUT2D eigenvalue weighted by atomic mass is 35.5. The van der Waals surface area contributed by atoms with Gasteiger partial charge in [-0.2, -0.15) is 0 Å². The number of pyridine rings is 1. The number of rotatable bonds is 13. The first-order valence-electron chi connectivity index (χ1n) is 21.2. The maximum atomic E-state index is 14.7. The Bertz CT molecular complexity index is 2710. The zero-order valence-corrected chi connectivity index (χ0v) is 37.8. The molecule has 0 spiro atoms. The van der Waals surface area contributed by atoms with Crippen molar-refractivity contribution < 1.29 is 38.4 Å². The molecule has 2 aliphatic heterocycles. The van der Waals surface area contributed by atoms with E-state index < -0.39 is 41.6 Å². The first-order valence-corrected chi connectivity index (χ1v) is 22.0. The largest absolute Gasteiger partial charge is 0.489 e. The minimum atomic E-state index is -1.33. The molecule has 2 aliphatic rings. The fraction of sp³-hybridized carbons (Fsp3) is 0.255. The molecular formula is C51H48Cl2N4O8. The maximum absolute atomic E-state index is 14.7. The normalized spacial score (nSPS) is 15.9. The van der Waals surface area contributed by atoms with E-state index in [2.05, 4.69) is 15.6 Å².